The zero-order chi connectivity index (χ0) is 13.2. The van der Waals surface area contributed by atoms with Crippen LogP contribution < -0.4 is 10.7 Å². The van der Waals surface area contributed by atoms with Crippen molar-refractivity contribution in [2.45, 2.75) is 19.3 Å². The van der Waals surface area contributed by atoms with E-state index in [0.29, 0.717) is 17.5 Å². The Morgan fingerprint density at radius 2 is 2.28 bits per heavy atom. The molecular formula is C12H15BrN2O3. The van der Waals surface area contributed by atoms with Crippen molar-refractivity contribution in [3.63, 3.8) is 0 Å². The maximum Gasteiger partial charge on any atom is 0.230 e. The van der Waals surface area contributed by atoms with Crippen molar-refractivity contribution in [2.75, 3.05) is 19.0 Å². The van der Waals surface area contributed by atoms with Gasteiger partial charge in [0.25, 0.3) is 0 Å². The molecule has 2 rings (SSSR count). The number of methoxy groups -OCH3 is 1. The van der Waals surface area contributed by atoms with E-state index in [9.17, 15) is 9.59 Å². The zero-order valence-corrected chi connectivity index (χ0v) is 11.7. The van der Waals surface area contributed by atoms with Crippen LogP contribution in [0.3, 0.4) is 0 Å². The zero-order valence-electron chi connectivity index (χ0n) is 10.1. The SMILES string of the molecule is COCCC1(C(=O)Nc2c[nH]cc(Br)c2=O)CC1. The van der Waals surface area contributed by atoms with Crippen molar-refractivity contribution < 1.29 is 9.53 Å². The molecule has 0 spiro atoms. The average molecular weight is 315 g/mol. The molecule has 6 heteroatoms. The lowest BCUT2D eigenvalue weighted by molar-refractivity contribution is -0.121. The largest absolute Gasteiger partial charge is 0.385 e. The number of carbonyl (C=O) groups excluding carboxylic acids is 1. The highest BCUT2D eigenvalue weighted by Crippen LogP contribution is 2.49. The molecule has 5 nitrogen and oxygen atoms in total. The first-order valence-electron chi connectivity index (χ1n) is 5.76. The maximum absolute atomic E-state index is 12.1. The molecule has 1 saturated carbocycles. The normalized spacial score (nSPS) is 16.3. The third-order valence-corrected chi connectivity index (χ3v) is 3.86. The van der Waals surface area contributed by atoms with E-state index >= 15 is 0 Å². The van der Waals surface area contributed by atoms with E-state index in [-0.39, 0.29) is 22.4 Å². The van der Waals surface area contributed by atoms with E-state index < -0.39 is 0 Å². The van der Waals surface area contributed by atoms with Crippen LogP contribution in [0.4, 0.5) is 5.69 Å². The Bertz CT molecular complexity index is 508. The third kappa shape index (κ3) is 2.64. The lowest BCUT2D eigenvalue weighted by atomic mass is 10.0. The summed E-state index contributed by atoms with van der Waals surface area (Å²) in [7, 11) is 1.62. The van der Waals surface area contributed by atoms with Gasteiger partial charge in [0.05, 0.1) is 9.89 Å². The molecule has 1 aromatic heterocycles. The fraction of sp³-hybridized carbons (Fsp3) is 0.500. The van der Waals surface area contributed by atoms with Crippen molar-refractivity contribution in [3.05, 3.63) is 27.1 Å². The lowest BCUT2D eigenvalue weighted by Crippen LogP contribution is -2.28. The molecule has 1 heterocycles. The second-order valence-corrected chi connectivity index (χ2v) is 5.38. The molecule has 1 aliphatic carbocycles. The number of aromatic amines is 1. The van der Waals surface area contributed by atoms with Gasteiger partial charge < -0.3 is 15.0 Å². The van der Waals surface area contributed by atoms with Gasteiger partial charge >= 0.3 is 0 Å². The number of hydrogen-bond donors (Lipinski definition) is 2. The van der Waals surface area contributed by atoms with Gasteiger partial charge in [-0.05, 0) is 35.2 Å². The Morgan fingerprint density at radius 1 is 1.56 bits per heavy atom. The third-order valence-electron chi connectivity index (χ3n) is 3.27. The molecule has 0 unspecified atom stereocenters. The van der Waals surface area contributed by atoms with Crippen LogP contribution in [0.1, 0.15) is 19.3 Å². The highest BCUT2D eigenvalue weighted by atomic mass is 79.9. The molecule has 1 fully saturated rings. The quantitative estimate of drug-likeness (QED) is 0.872. The predicted molar refractivity (Wildman–Crippen MR) is 71.6 cm³/mol. The standard InChI is InChI=1S/C12H15BrN2O3/c1-18-5-4-12(2-3-12)11(17)15-9-7-14-6-8(13)10(9)16/h6-7H,2-5H2,1H3,(H,14,16)(H,15,17). The van der Waals surface area contributed by atoms with E-state index in [1.807, 2.05) is 0 Å². The summed E-state index contributed by atoms with van der Waals surface area (Å²) < 4.78 is 5.41. The van der Waals surface area contributed by atoms with E-state index in [2.05, 4.69) is 26.2 Å². The number of amides is 1. The highest BCUT2D eigenvalue weighted by molar-refractivity contribution is 9.10. The number of pyridine rings is 1. The Kier molecular flexibility index (Phi) is 3.87. The van der Waals surface area contributed by atoms with Gasteiger partial charge in [-0.3, -0.25) is 9.59 Å². The molecule has 98 valence electrons. The topological polar surface area (TPSA) is 71.2 Å². The van der Waals surface area contributed by atoms with Crippen LogP contribution in [-0.2, 0) is 9.53 Å². The fourth-order valence-electron chi connectivity index (χ4n) is 1.84. The first kappa shape index (κ1) is 13.3. The minimum absolute atomic E-state index is 0.0943. The number of anilines is 1. The van der Waals surface area contributed by atoms with Crippen LogP contribution in [0.25, 0.3) is 0 Å². The molecule has 0 radical (unpaired) electrons. The molecular weight excluding hydrogens is 300 g/mol. The van der Waals surface area contributed by atoms with Gasteiger partial charge in [0.2, 0.25) is 11.3 Å². The second-order valence-electron chi connectivity index (χ2n) is 4.52. The Hall–Kier alpha value is -1.14. The molecule has 2 N–H and O–H groups in total. The number of ether oxygens (including phenoxy) is 1. The maximum atomic E-state index is 12.1. The molecule has 0 bridgehead atoms. The Morgan fingerprint density at radius 3 is 2.89 bits per heavy atom. The lowest BCUT2D eigenvalue weighted by Gasteiger charge is -2.14. The van der Waals surface area contributed by atoms with Crippen LogP contribution in [-0.4, -0.2) is 24.6 Å². The Labute approximate surface area is 113 Å². The second kappa shape index (κ2) is 5.24. The van der Waals surface area contributed by atoms with E-state index in [1.54, 1.807) is 7.11 Å². The van der Waals surface area contributed by atoms with Crippen LogP contribution >= 0.6 is 15.9 Å². The Balaban J connectivity index is 2.08. The summed E-state index contributed by atoms with van der Waals surface area (Å²) in [5.74, 6) is -0.0943. The van der Waals surface area contributed by atoms with Gasteiger partial charge in [0.1, 0.15) is 5.69 Å². The van der Waals surface area contributed by atoms with Crippen molar-refractivity contribution in [3.8, 4) is 0 Å². The molecule has 0 saturated heterocycles. The van der Waals surface area contributed by atoms with Crippen LogP contribution in [0.2, 0.25) is 0 Å². The van der Waals surface area contributed by atoms with Crippen LogP contribution in [0, 0.1) is 5.41 Å². The highest BCUT2D eigenvalue weighted by Gasteiger charge is 2.49. The number of halogens is 1. The summed E-state index contributed by atoms with van der Waals surface area (Å²) in [5, 5.41) is 2.69. The first-order valence-corrected chi connectivity index (χ1v) is 6.55. The number of carbonyl (C=O) groups is 1. The smallest absolute Gasteiger partial charge is 0.230 e. The molecule has 0 aromatic carbocycles. The summed E-state index contributed by atoms with van der Waals surface area (Å²) in [5.41, 5.74) is -0.284. The van der Waals surface area contributed by atoms with Crippen molar-refractivity contribution in [2.24, 2.45) is 5.41 Å². The summed E-state index contributed by atoms with van der Waals surface area (Å²) in [6.07, 6.45) is 5.44. The monoisotopic (exact) mass is 314 g/mol. The predicted octanol–water partition coefficient (Wildman–Crippen LogP) is 1.89. The van der Waals surface area contributed by atoms with Crippen LogP contribution in [0.15, 0.2) is 21.7 Å². The number of hydrogen-bond acceptors (Lipinski definition) is 3. The van der Waals surface area contributed by atoms with E-state index in [1.165, 1.54) is 12.4 Å². The van der Waals surface area contributed by atoms with Gasteiger partial charge in [-0.15, -0.1) is 0 Å². The fourth-order valence-corrected chi connectivity index (χ4v) is 2.19. The van der Waals surface area contributed by atoms with E-state index in [0.717, 1.165) is 12.8 Å². The van der Waals surface area contributed by atoms with Crippen molar-refractivity contribution in [1.29, 1.82) is 0 Å². The first-order chi connectivity index (χ1) is 8.59. The van der Waals surface area contributed by atoms with Gasteiger partial charge in [0, 0.05) is 26.1 Å². The minimum atomic E-state index is -0.342. The molecule has 18 heavy (non-hydrogen) atoms. The molecule has 1 aliphatic rings. The van der Waals surface area contributed by atoms with Gasteiger partial charge in [-0.1, -0.05) is 0 Å². The summed E-state index contributed by atoms with van der Waals surface area (Å²) >= 11 is 3.13. The average Bonchev–Trinajstić information content (AvgIpc) is 3.13. The van der Waals surface area contributed by atoms with Crippen molar-refractivity contribution >= 4 is 27.5 Å². The molecule has 1 amide bonds. The van der Waals surface area contributed by atoms with Gasteiger partial charge in [0.15, 0.2) is 0 Å². The van der Waals surface area contributed by atoms with Crippen molar-refractivity contribution in [1.82, 2.24) is 4.98 Å². The molecule has 0 atom stereocenters. The van der Waals surface area contributed by atoms with E-state index in [4.69, 9.17) is 4.74 Å². The summed E-state index contributed by atoms with van der Waals surface area (Å²) in [4.78, 5) is 26.7. The number of nitrogens with one attached hydrogen (secondary N) is 2. The minimum Gasteiger partial charge on any atom is -0.385 e. The number of H-pyrrole nitrogens is 1. The van der Waals surface area contributed by atoms with Gasteiger partial charge in [-0.2, -0.15) is 0 Å². The molecule has 1 aromatic rings. The number of rotatable bonds is 5. The number of aromatic nitrogens is 1. The molecule has 0 aliphatic heterocycles. The summed E-state index contributed by atoms with van der Waals surface area (Å²) in [6.45, 7) is 0.558. The summed E-state index contributed by atoms with van der Waals surface area (Å²) in [6, 6.07) is 0. The van der Waals surface area contributed by atoms with Crippen LogP contribution in [0.5, 0.6) is 0 Å². The van der Waals surface area contributed by atoms with Gasteiger partial charge in [-0.25, -0.2) is 0 Å².